The maximum absolute atomic E-state index is 13.5. The minimum absolute atomic E-state index is 0.0915. The van der Waals surface area contributed by atoms with Crippen molar-refractivity contribution in [1.29, 1.82) is 0 Å². The number of carbonyl (C=O) groups excluding carboxylic acids is 1. The molecule has 0 N–H and O–H groups in total. The lowest BCUT2D eigenvalue weighted by atomic mass is 10.0. The highest BCUT2D eigenvalue weighted by Crippen LogP contribution is 2.39. The third kappa shape index (κ3) is 4.59. The molecule has 0 spiro atoms. The predicted octanol–water partition coefficient (Wildman–Crippen LogP) is 6.82. The van der Waals surface area contributed by atoms with Crippen molar-refractivity contribution in [2.75, 3.05) is 7.11 Å². The molecule has 0 saturated carbocycles. The molecule has 1 amide bonds. The Bertz CT molecular complexity index is 1460. The zero-order valence-electron chi connectivity index (χ0n) is 20.2. The summed E-state index contributed by atoms with van der Waals surface area (Å²) >= 11 is 6.97. The van der Waals surface area contributed by atoms with Gasteiger partial charge in [-0.1, -0.05) is 72.5 Å². The number of ether oxygens (including phenoxy) is 1. The highest BCUT2D eigenvalue weighted by molar-refractivity contribution is 8.26. The lowest BCUT2D eigenvalue weighted by Gasteiger charge is -2.23. The van der Waals surface area contributed by atoms with Crippen molar-refractivity contribution in [2.45, 2.75) is 19.9 Å². The van der Waals surface area contributed by atoms with Crippen LogP contribution >= 0.6 is 24.0 Å². The molecule has 1 aliphatic heterocycles. The number of aryl methyl sites for hydroxylation is 1. The first-order chi connectivity index (χ1) is 17.5. The fourth-order valence-electron chi connectivity index (χ4n) is 4.28. The molecule has 1 atom stereocenters. The zero-order chi connectivity index (χ0) is 25.2. The Morgan fingerprint density at radius 2 is 1.72 bits per heavy atom. The normalized spacial score (nSPS) is 15.5. The topological polar surface area (TPSA) is 47.4 Å². The molecule has 1 fully saturated rings. The first-order valence-corrected chi connectivity index (χ1v) is 12.8. The molecule has 5 rings (SSSR count). The summed E-state index contributed by atoms with van der Waals surface area (Å²) in [6.07, 6.45) is 3.87. The van der Waals surface area contributed by atoms with Crippen molar-refractivity contribution < 1.29 is 9.53 Å². The molecule has 1 unspecified atom stereocenters. The molecule has 0 bridgehead atoms. The van der Waals surface area contributed by atoms with Crippen LogP contribution in [0.2, 0.25) is 0 Å². The van der Waals surface area contributed by atoms with Crippen LogP contribution in [0.1, 0.15) is 29.7 Å². The molecule has 0 aliphatic carbocycles. The number of aromatic nitrogens is 2. The van der Waals surface area contributed by atoms with Crippen LogP contribution < -0.4 is 4.74 Å². The molecular formula is C29H25N3O2S2. The van der Waals surface area contributed by atoms with Gasteiger partial charge in [0.1, 0.15) is 15.8 Å². The van der Waals surface area contributed by atoms with E-state index in [0.29, 0.717) is 9.23 Å². The Morgan fingerprint density at radius 3 is 2.39 bits per heavy atom. The maximum Gasteiger partial charge on any atom is 0.266 e. The lowest BCUT2D eigenvalue weighted by Crippen LogP contribution is -2.30. The predicted molar refractivity (Wildman–Crippen MR) is 150 cm³/mol. The van der Waals surface area contributed by atoms with E-state index < -0.39 is 0 Å². The summed E-state index contributed by atoms with van der Waals surface area (Å²) in [5, 5.41) is 4.92. The van der Waals surface area contributed by atoms with E-state index in [1.807, 2.05) is 110 Å². The van der Waals surface area contributed by atoms with Crippen LogP contribution in [0.4, 0.5) is 0 Å². The SMILES string of the molecule is COc1ccc(-c2nn(-c3ccccc3)cc2C=C2SC(=S)N(C(C)c3ccccc3)C2=O)c(C)c1. The van der Waals surface area contributed by atoms with E-state index in [9.17, 15) is 4.79 Å². The number of amides is 1. The molecule has 5 nitrogen and oxygen atoms in total. The van der Waals surface area contributed by atoms with E-state index in [2.05, 4.69) is 0 Å². The number of hydrogen-bond acceptors (Lipinski definition) is 5. The molecule has 1 aliphatic rings. The van der Waals surface area contributed by atoms with Gasteiger partial charge >= 0.3 is 0 Å². The third-order valence-corrected chi connectivity index (χ3v) is 7.56. The van der Waals surface area contributed by atoms with Gasteiger partial charge in [0.05, 0.1) is 23.7 Å². The molecule has 1 aromatic heterocycles. The van der Waals surface area contributed by atoms with Crippen molar-refractivity contribution in [2.24, 2.45) is 0 Å². The van der Waals surface area contributed by atoms with E-state index >= 15 is 0 Å². The molecule has 7 heteroatoms. The van der Waals surface area contributed by atoms with Gasteiger partial charge in [0, 0.05) is 17.3 Å². The van der Waals surface area contributed by atoms with Crippen LogP contribution in [0, 0.1) is 6.92 Å². The van der Waals surface area contributed by atoms with Crippen molar-refractivity contribution in [3.8, 4) is 22.7 Å². The summed E-state index contributed by atoms with van der Waals surface area (Å²) in [4.78, 5) is 15.8. The highest BCUT2D eigenvalue weighted by Gasteiger charge is 2.36. The lowest BCUT2D eigenvalue weighted by molar-refractivity contribution is -0.123. The van der Waals surface area contributed by atoms with E-state index in [1.54, 1.807) is 12.0 Å². The summed E-state index contributed by atoms with van der Waals surface area (Å²) in [6, 6.07) is 25.6. The Labute approximate surface area is 220 Å². The Hall–Kier alpha value is -3.68. The fourth-order valence-corrected chi connectivity index (χ4v) is 5.69. The molecule has 0 radical (unpaired) electrons. The number of carbonyl (C=O) groups is 1. The van der Waals surface area contributed by atoms with Crippen molar-refractivity contribution in [3.05, 3.63) is 107 Å². The van der Waals surface area contributed by atoms with Gasteiger partial charge in [-0.15, -0.1) is 0 Å². The van der Waals surface area contributed by atoms with Crippen LogP contribution in [0.5, 0.6) is 5.75 Å². The molecule has 3 aromatic carbocycles. The molecule has 180 valence electrons. The summed E-state index contributed by atoms with van der Waals surface area (Å²) in [6.45, 7) is 4.03. The Morgan fingerprint density at radius 1 is 1.03 bits per heavy atom. The maximum atomic E-state index is 13.5. The Kier molecular flexibility index (Phi) is 6.76. The van der Waals surface area contributed by atoms with E-state index in [1.165, 1.54) is 11.8 Å². The van der Waals surface area contributed by atoms with E-state index in [4.69, 9.17) is 22.1 Å². The van der Waals surface area contributed by atoms with Crippen LogP contribution in [0.3, 0.4) is 0 Å². The second kappa shape index (κ2) is 10.1. The van der Waals surface area contributed by atoms with Crippen LogP contribution in [0.25, 0.3) is 23.0 Å². The van der Waals surface area contributed by atoms with Gasteiger partial charge in [-0.05, 0) is 61.4 Å². The van der Waals surface area contributed by atoms with Crippen molar-refractivity contribution in [1.82, 2.24) is 14.7 Å². The first kappa shape index (κ1) is 24.0. The molecule has 2 heterocycles. The van der Waals surface area contributed by atoms with Gasteiger partial charge in [0.2, 0.25) is 0 Å². The first-order valence-electron chi connectivity index (χ1n) is 11.6. The largest absolute Gasteiger partial charge is 0.497 e. The zero-order valence-corrected chi connectivity index (χ0v) is 21.8. The number of rotatable bonds is 6. The van der Waals surface area contributed by atoms with Crippen molar-refractivity contribution in [3.63, 3.8) is 0 Å². The van der Waals surface area contributed by atoms with E-state index in [0.717, 1.165) is 39.4 Å². The molecule has 4 aromatic rings. The summed E-state index contributed by atoms with van der Waals surface area (Å²) < 4.78 is 7.79. The number of hydrogen-bond donors (Lipinski definition) is 0. The number of para-hydroxylation sites is 1. The number of benzene rings is 3. The molecular weight excluding hydrogens is 486 g/mol. The van der Waals surface area contributed by atoms with Crippen molar-refractivity contribution >= 4 is 40.3 Å². The minimum atomic E-state index is -0.153. The fraction of sp³-hybridized carbons (Fsp3) is 0.138. The summed E-state index contributed by atoms with van der Waals surface area (Å²) in [5.41, 5.74) is 5.63. The van der Waals surface area contributed by atoms with E-state index in [-0.39, 0.29) is 11.9 Å². The summed E-state index contributed by atoms with van der Waals surface area (Å²) in [5.74, 6) is 0.697. The second-order valence-corrected chi connectivity index (χ2v) is 10.2. The average Bonchev–Trinajstić information content (AvgIpc) is 3.44. The van der Waals surface area contributed by atoms with Crippen LogP contribution in [-0.4, -0.2) is 32.0 Å². The van der Waals surface area contributed by atoms with Gasteiger partial charge < -0.3 is 4.74 Å². The summed E-state index contributed by atoms with van der Waals surface area (Å²) in [7, 11) is 1.66. The van der Waals surface area contributed by atoms with Gasteiger partial charge in [-0.3, -0.25) is 9.69 Å². The molecule has 36 heavy (non-hydrogen) atoms. The van der Waals surface area contributed by atoms with Gasteiger partial charge in [0.15, 0.2) is 0 Å². The van der Waals surface area contributed by atoms with Crippen LogP contribution in [0.15, 0.2) is 90.0 Å². The van der Waals surface area contributed by atoms with Gasteiger partial charge in [-0.2, -0.15) is 5.10 Å². The van der Waals surface area contributed by atoms with Gasteiger partial charge in [-0.25, -0.2) is 4.68 Å². The number of thioether (sulfide) groups is 1. The Balaban J connectivity index is 1.57. The average molecular weight is 512 g/mol. The molecule has 1 saturated heterocycles. The third-order valence-electron chi connectivity index (χ3n) is 6.23. The standard InChI is InChI=1S/C29H25N3O2S2/c1-19-16-24(34-3)14-15-25(19)27-22(18-31(30-27)23-12-8-5-9-13-23)17-26-28(33)32(29(35)36-26)20(2)21-10-6-4-7-11-21/h4-18,20H,1-3H3. The highest BCUT2D eigenvalue weighted by atomic mass is 32.2. The monoisotopic (exact) mass is 511 g/mol. The van der Waals surface area contributed by atoms with Crippen LogP contribution in [-0.2, 0) is 4.79 Å². The quantitative estimate of drug-likeness (QED) is 0.210. The smallest absolute Gasteiger partial charge is 0.266 e. The number of nitrogens with zero attached hydrogens (tertiary/aromatic N) is 3. The minimum Gasteiger partial charge on any atom is -0.497 e. The van der Waals surface area contributed by atoms with Gasteiger partial charge in [0.25, 0.3) is 5.91 Å². The number of thiocarbonyl (C=S) groups is 1. The number of methoxy groups -OCH3 is 1. The second-order valence-electron chi connectivity index (χ2n) is 8.53.